The van der Waals surface area contributed by atoms with Gasteiger partial charge in [-0.15, -0.1) is 0 Å². The zero-order valence-electron chi connectivity index (χ0n) is 23.3. The summed E-state index contributed by atoms with van der Waals surface area (Å²) in [6.45, 7) is 7.67. The number of hydrogen-bond donors (Lipinski definition) is 1. The van der Waals surface area contributed by atoms with Crippen molar-refractivity contribution in [1.29, 1.82) is 0 Å². The van der Waals surface area contributed by atoms with Crippen molar-refractivity contribution in [2.75, 3.05) is 27.2 Å². The number of carbonyl (C=O) groups excluding carboxylic acids is 3. The maximum atomic E-state index is 13.4. The van der Waals surface area contributed by atoms with E-state index in [1.54, 1.807) is 40.1 Å². The first kappa shape index (κ1) is 29.6. The van der Waals surface area contributed by atoms with E-state index >= 15 is 0 Å². The van der Waals surface area contributed by atoms with Crippen LogP contribution in [0.25, 0.3) is 0 Å². The maximum absolute atomic E-state index is 13.4. The lowest BCUT2D eigenvalue weighted by molar-refractivity contribution is -0.151. The Labute approximate surface area is 235 Å². The van der Waals surface area contributed by atoms with Gasteiger partial charge in [-0.1, -0.05) is 31.5 Å². The summed E-state index contributed by atoms with van der Waals surface area (Å²) >= 11 is 6.30. The highest BCUT2D eigenvalue weighted by atomic mass is 35.5. The normalized spacial score (nSPS) is 27.2. The highest BCUT2D eigenvalue weighted by molar-refractivity contribution is 7.90. The van der Waals surface area contributed by atoms with Gasteiger partial charge in [-0.25, -0.2) is 18.0 Å². The summed E-state index contributed by atoms with van der Waals surface area (Å²) in [5.74, 6) is -0.675. The summed E-state index contributed by atoms with van der Waals surface area (Å²) < 4.78 is 38.7. The van der Waals surface area contributed by atoms with Crippen LogP contribution in [0.2, 0.25) is 5.02 Å². The van der Waals surface area contributed by atoms with Crippen LogP contribution in [0, 0.1) is 16.7 Å². The number of hydrogen-bond acceptors (Lipinski definition) is 7. The lowest BCUT2D eigenvalue weighted by atomic mass is 9.69. The average Bonchev–Trinajstić information content (AvgIpc) is 3.30. The highest BCUT2D eigenvalue weighted by Crippen LogP contribution is 2.70. The van der Waals surface area contributed by atoms with Crippen molar-refractivity contribution in [3.05, 3.63) is 28.8 Å². The minimum atomic E-state index is -3.64. The van der Waals surface area contributed by atoms with E-state index in [1.807, 2.05) is 0 Å². The summed E-state index contributed by atoms with van der Waals surface area (Å²) in [6.07, 6.45) is 1.54. The van der Waals surface area contributed by atoms with E-state index in [4.69, 9.17) is 21.1 Å². The van der Waals surface area contributed by atoms with Crippen LogP contribution >= 0.6 is 11.6 Å². The fraction of sp³-hybridized carbons (Fsp3) is 0.667. The Bertz CT molecular complexity index is 1270. The monoisotopic (exact) mass is 583 g/mol. The third kappa shape index (κ3) is 5.37. The number of rotatable bonds is 8. The highest BCUT2D eigenvalue weighted by Gasteiger charge is 2.72. The number of fused-ring (bicyclic) bond motifs is 1. The molecular weight excluding hydrogens is 546 g/mol. The Balaban J connectivity index is 1.47. The Kier molecular flexibility index (Phi) is 8.01. The van der Waals surface area contributed by atoms with Gasteiger partial charge >= 0.3 is 12.1 Å². The van der Waals surface area contributed by atoms with Crippen molar-refractivity contribution in [2.45, 2.75) is 70.8 Å². The molecule has 2 bridgehead atoms. The lowest BCUT2D eigenvalue weighted by Gasteiger charge is -2.36. The standard InChI is InChI=1S/C27H38ClN3O7S/c1-16(2)37-24(33)20(12-17-7-8-21(19(28)11-17)38-25(34)30(5)6)29-23(32)14-31-15-27-10-9-18(26(27,3)4)13-22(27)39(31,35)36/h7-8,11,16,18,20,22H,9-10,12-15H2,1-6H3,(H,29,32)/t18?,20-,22?,27?/m0/s1. The van der Waals surface area contributed by atoms with Crippen LogP contribution in [0.4, 0.5) is 4.79 Å². The van der Waals surface area contributed by atoms with E-state index in [2.05, 4.69) is 19.2 Å². The number of ether oxygens (including phenoxy) is 2. The summed E-state index contributed by atoms with van der Waals surface area (Å²) in [5.41, 5.74) is 0.143. The van der Waals surface area contributed by atoms with E-state index < -0.39 is 45.4 Å². The molecule has 4 rings (SSSR count). The van der Waals surface area contributed by atoms with Crippen molar-refractivity contribution in [2.24, 2.45) is 16.7 Å². The second-order valence-electron chi connectivity index (χ2n) is 12.0. The van der Waals surface area contributed by atoms with Gasteiger partial charge < -0.3 is 19.7 Å². The number of halogens is 1. The number of carbonyl (C=O) groups is 3. The molecule has 1 aliphatic heterocycles. The van der Waals surface area contributed by atoms with Gasteiger partial charge in [0.2, 0.25) is 15.9 Å². The van der Waals surface area contributed by atoms with Crippen molar-refractivity contribution in [3.8, 4) is 5.75 Å². The quantitative estimate of drug-likeness (QED) is 0.466. The Morgan fingerprint density at radius 1 is 1.23 bits per heavy atom. The predicted molar refractivity (Wildman–Crippen MR) is 146 cm³/mol. The third-order valence-electron chi connectivity index (χ3n) is 8.83. The zero-order valence-corrected chi connectivity index (χ0v) is 24.9. The molecule has 2 aliphatic carbocycles. The average molecular weight is 584 g/mol. The van der Waals surface area contributed by atoms with Crippen molar-refractivity contribution < 1.29 is 32.3 Å². The molecule has 1 heterocycles. The van der Waals surface area contributed by atoms with Crippen molar-refractivity contribution in [1.82, 2.24) is 14.5 Å². The molecule has 1 aromatic rings. The molecule has 1 saturated heterocycles. The van der Waals surface area contributed by atoms with Gasteiger partial charge in [0.05, 0.1) is 22.9 Å². The molecule has 39 heavy (non-hydrogen) atoms. The lowest BCUT2D eigenvalue weighted by Crippen LogP contribution is -2.48. The van der Waals surface area contributed by atoms with E-state index in [1.165, 1.54) is 15.3 Å². The minimum absolute atomic E-state index is 0.0486. The molecule has 0 radical (unpaired) electrons. The largest absolute Gasteiger partial charge is 0.461 e. The van der Waals surface area contributed by atoms with Crippen molar-refractivity contribution >= 4 is 39.6 Å². The van der Waals surface area contributed by atoms with E-state index in [0.29, 0.717) is 24.4 Å². The number of sulfonamides is 1. The second-order valence-corrected chi connectivity index (χ2v) is 14.5. The fourth-order valence-electron chi connectivity index (χ4n) is 6.60. The summed E-state index contributed by atoms with van der Waals surface area (Å²) in [4.78, 5) is 39.2. The molecule has 2 amide bonds. The molecule has 12 heteroatoms. The fourth-order valence-corrected chi connectivity index (χ4v) is 9.45. The topological polar surface area (TPSA) is 122 Å². The molecular formula is C27H38ClN3O7S. The third-order valence-corrected chi connectivity index (χ3v) is 11.5. The van der Waals surface area contributed by atoms with Gasteiger partial charge in [-0.3, -0.25) is 4.79 Å². The molecule has 1 spiro atoms. The number of esters is 1. The minimum Gasteiger partial charge on any atom is -0.461 e. The SMILES string of the molecule is CC(C)OC(=O)[C@H](Cc1ccc(OC(=O)N(C)C)c(Cl)c1)NC(=O)CN1CC23CCC(CC2S1(=O)=O)C3(C)C. The number of nitrogens with zero attached hydrogens (tertiary/aromatic N) is 2. The molecule has 3 aliphatic rings. The van der Waals surface area contributed by atoms with Gasteiger partial charge in [0.15, 0.2) is 5.75 Å². The van der Waals surface area contributed by atoms with Crippen LogP contribution in [0.15, 0.2) is 18.2 Å². The van der Waals surface area contributed by atoms with Gasteiger partial charge in [-0.2, -0.15) is 4.31 Å². The first-order valence-corrected chi connectivity index (χ1v) is 15.1. The van der Waals surface area contributed by atoms with Crippen LogP contribution in [0.5, 0.6) is 5.75 Å². The first-order valence-electron chi connectivity index (χ1n) is 13.2. The van der Waals surface area contributed by atoms with Crippen LogP contribution in [-0.2, 0) is 30.8 Å². The number of nitrogens with one attached hydrogen (secondary N) is 1. The van der Waals surface area contributed by atoms with Gasteiger partial charge in [0, 0.05) is 32.5 Å². The smallest absolute Gasteiger partial charge is 0.414 e. The number of benzene rings is 1. The molecule has 10 nitrogen and oxygen atoms in total. The zero-order chi connectivity index (χ0) is 28.9. The molecule has 0 aromatic heterocycles. The molecule has 1 aromatic carbocycles. The molecule has 4 atom stereocenters. The van der Waals surface area contributed by atoms with E-state index in [0.717, 1.165) is 12.8 Å². The second kappa shape index (κ2) is 10.6. The van der Waals surface area contributed by atoms with Crippen molar-refractivity contribution in [3.63, 3.8) is 0 Å². The van der Waals surface area contributed by atoms with Gasteiger partial charge in [0.25, 0.3) is 0 Å². The summed E-state index contributed by atoms with van der Waals surface area (Å²) in [5, 5.41) is 2.39. The van der Waals surface area contributed by atoms with Crippen LogP contribution in [0.3, 0.4) is 0 Å². The Morgan fingerprint density at radius 2 is 1.92 bits per heavy atom. The number of amides is 2. The first-order chi connectivity index (χ1) is 18.1. The molecule has 3 unspecified atom stereocenters. The van der Waals surface area contributed by atoms with E-state index in [-0.39, 0.29) is 34.6 Å². The summed E-state index contributed by atoms with van der Waals surface area (Å²) in [6, 6.07) is 3.62. The molecule has 1 N–H and O–H groups in total. The van der Waals surface area contributed by atoms with Gasteiger partial charge in [0.1, 0.15) is 6.04 Å². The van der Waals surface area contributed by atoms with Crippen LogP contribution in [0.1, 0.15) is 52.5 Å². The Morgan fingerprint density at radius 3 is 2.49 bits per heavy atom. The summed E-state index contributed by atoms with van der Waals surface area (Å²) in [7, 11) is -0.548. The molecule has 216 valence electrons. The van der Waals surface area contributed by atoms with Gasteiger partial charge in [-0.05, 0) is 62.1 Å². The Hall–Kier alpha value is -2.37. The van der Waals surface area contributed by atoms with E-state index in [9.17, 15) is 22.8 Å². The van der Waals surface area contributed by atoms with Crippen LogP contribution in [-0.4, -0.2) is 80.2 Å². The molecule has 3 fully saturated rings. The molecule has 2 saturated carbocycles. The maximum Gasteiger partial charge on any atom is 0.414 e. The predicted octanol–water partition coefficient (Wildman–Crippen LogP) is 3.22. The van der Waals surface area contributed by atoms with Crippen LogP contribution < -0.4 is 10.1 Å².